The molecule has 0 aromatic heterocycles. The van der Waals surface area contributed by atoms with Crippen LogP contribution >= 0.6 is 22.6 Å². The van der Waals surface area contributed by atoms with E-state index in [2.05, 4.69) is 5.32 Å². The summed E-state index contributed by atoms with van der Waals surface area (Å²) in [5, 5.41) is 10.9. The molecule has 0 aliphatic heterocycles. The van der Waals surface area contributed by atoms with Gasteiger partial charge in [-0.05, 0) is 47.7 Å². The maximum absolute atomic E-state index is 12.9. The lowest BCUT2D eigenvalue weighted by Gasteiger charge is -2.10. The van der Waals surface area contributed by atoms with Crippen molar-refractivity contribution in [2.75, 3.05) is 0 Å². The smallest absolute Gasteiger partial charge is 0.325 e. The van der Waals surface area contributed by atoms with Gasteiger partial charge in [0, 0.05) is 3.57 Å². The van der Waals surface area contributed by atoms with Crippen molar-refractivity contribution < 1.29 is 19.1 Å². The number of rotatable bonds is 3. The maximum Gasteiger partial charge on any atom is 0.325 e. The Balaban J connectivity index is 2.88. The summed E-state index contributed by atoms with van der Waals surface area (Å²) in [7, 11) is 0. The molecule has 16 heavy (non-hydrogen) atoms. The van der Waals surface area contributed by atoms with Gasteiger partial charge in [-0.25, -0.2) is 4.39 Å². The zero-order valence-corrected chi connectivity index (χ0v) is 10.5. The van der Waals surface area contributed by atoms with Crippen molar-refractivity contribution in [3.63, 3.8) is 0 Å². The van der Waals surface area contributed by atoms with Crippen LogP contribution in [-0.4, -0.2) is 23.0 Å². The van der Waals surface area contributed by atoms with E-state index in [9.17, 15) is 14.0 Å². The number of aliphatic carboxylic acids is 1. The zero-order chi connectivity index (χ0) is 12.3. The van der Waals surface area contributed by atoms with Crippen LogP contribution in [0.2, 0.25) is 0 Å². The summed E-state index contributed by atoms with van der Waals surface area (Å²) in [6.07, 6.45) is 0. The second-order valence-corrected chi connectivity index (χ2v) is 4.32. The molecule has 2 N–H and O–H groups in total. The molecule has 0 saturated heterocycles. The molecule has 0 aliphatic carbocycles. The molecule has 4 nitrogen and oxygen atoms in total. The Hall–Kier alpha value is -1.18. The lowest BCUT2D eigenvalue weighted by atomic mass is 10.2. The molecule has 6 heteroatoms. The highest BCUT2D eigenvalue weighted by atomic mass is 127. The minimum atomic E-state index is -1.14. The molecule has 0 unspecified atom stereocenters. The van der Waals surface area contributed by atoms with Crippen LogP contribution in [0.5, 0.6) is 0 Å². The Morgan fingerprint density at radius 2 is 2.12 bits per heavy atom. The van der Waals surface area contributed by atoms with E-state index in [1.54, 1.807) is 0 Å². The normalized spacial score (nSPS) is 11.9. The van der Waals surface area contributed by atoms with Crippen molar-refractivity contribution in [1.29, 1.82) is 0 Å². The van der Waals surface area contributed by atoms with Gasteiger partial charge in [-0.1, -0.05) is 0 Å². The molecular weight excluding hydrogens is 328 g/mol. The van der Waals surface area contributed by atoms with Crippen molar-refractivity contribution in [3.8, 4) is 0 Å². The predicted molar refractivity (Wildman–Crippen MR) is 63.7 cm³/mol. The molecule has 86 valence electrons. The summed E-state index contributed by atoms with van der Waals surface area (Å²) in [5.74, 6) is -2.27. The highest BCUT2D eigenvalue weighted by Crippen LogP contribution is 2.13. The van der Waals surface area contributed by atoms with E-state index >= 15 is 0 Å². The number of carboxylic acid groups (broad SMARTS) is 1. The van der Waals surface area contributed by atoms with Crippen LogP contribution in [0.15, 0.2) is 18.2 Å². The molecule has 0 bridgehead atoms. The van der Waals surface area contributed by atoms with Gasteiger partial charge >= 0.3 is 5.97 Å². The monoisotopic (exact) mass is 337 g/mol. The molecule has 1 amide bonds. The third-order valence-corrected chi connectivity index (χ3v) is 2.83. The average molecular weight is 337 g/mol. The molecule has 0 heterocycles. The largest absolute Gasteiger partial charge is 0.480 e. The number of carbonyl (C=O) groups is 2. The van der Waals surface area contributed by atoms with Crippen LogP contribution in [0.25, 0.3) is 0 Å². The standard InChI is InChI=1S/C10H9FINO3/c1-5(10(15)16)13-9(14)7-4-6(11)2-3-8(7)12/h2-5H,1H3,(H,13,14)(H,15,16)/t5-/m0/s1. The van der Waals surface area contributed by atoms with Gasteiger partial charge in [0.05, 0.1) is 5.56 Å². The van der Waals surface area contributed by atoms with E-state index in [1.807, 2.05) is 22.6 Å². The van der Waals surface area contributed by atoms with Crippen LogP contribution < -0.4 is 5.32 Å². The molecule has 0 aliphatic rings. The molecule has 1 aromatic rings. The number of amides is 1. The number of nitrogens with one attached hydrogen (secondary N) is 1. The van der Waals surface area contributed by atoms with Crippen LogP contribution in [0.3, 0.4) is 0 Å². The minimum absolute atomic E-state index is 0.133. The highest BCUT2D eigenvalue weighted by molar-refractivity contribution is 14.1. The van der Waals surface area contributed by atoms with E-state index < -0.39 is 23.7 Å². The highest BCUT2D eigenvalue weighted by Gasteiger charge is 2.17. The summed E-state index contributed by atoms with van der Waals surface area (Å²) in [5.41, 5.74) is 0.133. The van der Waals surface area contributed by atoms with Crippen LogP contribution in [0.1, 0.15) is 17.3 Å². The second kappa shape index (κ2) is 5.24. The molecule has 0 spiro atoms. The van der Waals surface area contributed by atoms with Gasteiger partial charge in [-0.3, -0.25) is 9.59 Å². The van der Waals surface area contributed by atoms with Crippen molar-refractivity contribution in [2.24, 2.45) is 0 Å². The van der Waals surface area contributed by atoms with E-state index in [0.717, 1.165) is 6.07 Å². The van der Waals surface area contributed by atoms with Gasteiger partial charge in [-0.2, -0.15) is 0 Å². The SMILES string of the molecule is C[C@H](NC(=O)c1cc(F)ccc1I)C(=O)O. The van der Waals surface area contributed by atoms with Gasteiger partial charge in [0.25, 0.3) is 5.91 Å². The topological polar surface area (TPSA) is 66.4 Å². The molecule has 0 saturated carbocycles. The average Bonchev–Trinajstić information content (AvgIpc) is 2.21. The second-order valence-electron chi connectivity index (χ2n) is 3.16. The fraction of sp³-hybridized carbons (Fsp3) is 0.200. The minimum Gasteiger partial charge on any atom is -0.480 e. The van der Waals surface area contributed by atoms with E-state index in [4.69, 9.17) is 5.11 Å². The van der Waals surface area contributed by atoms with E-state index in [0.29, 0.717) is 3.57 Å². The number of carboxylic acids is 1. The first-order chi connectivity index (χ1) is 7.41. The summed E-state index contributed by atoms with van der Waals surface area (Å²) < 4.78 is 13.5. The Kier molecular flexibility index (Phi) is 4.22. The first-order valence-electron chi connectivity index (χ1n) is 4.40. The molecule has 1 atom stereocenters. The zero-order valence-electron chi connectivity index (χ0n) is 8.33. The Labute approximate surface area is 105 Å². The maximum atomic E-state index is 12.9. The van der Waals surface area contributed by atoms with Gasteiger partial charge < -0.3 is 10.4 Å². The molecule has 0 fully saturated rings. The van der Waals surface area contributed by atoms with Gasteiger partial charge in [-0.15, -0.1) is 0 Å². The predicted octanol–water partition coefficient (Wildman–Crippen LogP) is 1.63. The summed E-state index contributed by atoms with van der Waals surface area (Å²) >= 11 is 1.88. The number of hydrogen-bond donors (Lipinski definition) is 2. The number of halogens is 2. The van der Waals surface area contributed by atoms with Crippen LogP contribution in [0.4, 0.5) is 4.39 Å². The van der Waals surface area contributed by atoms with Crippen LogP contribution in [0, 0.1) is 9.39 Å². The van der Waals surface area contributed by atoms with Gasteiger partial charge in [0.2, 0.25) is 0 Å². The van der Waals surface area contributed by atoms with Gasteiger partial charge in [0.1, 0.15) is 11.9 Å². The third kappa shape index (κ3) is 3.16. The van der Waals surface area contributed by atoms with E-state index in [1.165, 1.54) is 19.1 Å². The van der Waals surface area contributed by atoms with Crippen molar-refractivity contribution in [1.82, 2.24) is 5.32 Å². The Bertz CT molecular complexity index is 436. The van der Waals surface area contributed by atoms with E-state index in [-0.39, 0.29) is 5.56 Å². The first-order valence-corrected chi connectivity index (χ1v) is 5.48. The summed E-state index contributed by atoms with van der Waals surface area (Å²) in [6, 6.07) is 2.76. The Morgan fingerprint density at radius 3 is 2.69 bits per heavy atom. The lowest BCUT2D eigenvalue weighted by Crippen LogP contribution is -2.38. The molecule has 1 aromatic carbocycles. The fourth-order valence-electron chi connectivity index (χ4n) is 1.01. The molecule has 1 rings (SSSR count). The van der Waals surface area contributed by atoms with Crippen LogP contribution in [-0.2, 0) is 4.79 Å². The van der Waals surface area contributed by atoms with Crippen molar-refractivity contribution in [2.45, 2.75) is 13.0 Å². The van der Waals surface area contributed by atoms with Crippen molar-refractivity contribution in [3.05, 3.63) is 33.1 Å². The number of benzene rings is 1. The summed E-state index contributed by atoms with van der Waals surface area (Å²) in [6.45, 7) is 1.34. The molecule has 0 radical (unpaired) electrons. The first kappa shape index (κ1) is 12.9. The Morgan fingerprint density at radius 1 is 1.50 bits per heavy atom. The van der Waals surface area contributed by atoms with Crippen molar-refractivity contribution >= 4 is 34.5 Å². The number of carbonyl (C=O) groups excluding carboxylic acids is 1. The van der Waals surface area contributed by atoms with Gasteiger partial charge in [0.15, 0.2) is 0 Å². The summed E-state index contributed by atoms with van der Waals surface area (Å²) in [4.78, 5) is 22.1. The third-order valence-electron chi connectivity index (χ3n) is 1.89. The quantitative estimate of drug-likeness (QED) is 0.824. The lowest BCUT2D eigenvalue weighted by molar-refractivity contribution is -0.138. The molecular formula is C10H9FINO3. The fourth-order valence-corrected chi connectivity index (χ4v) is 1.59. The number of hydrogen-bond acceptors (Lipinski definition) is 2.